The molecule has 1 N–H and O–H groups in total. The van der Waals surface area contributed by atoms with E-state index >= 15 is 0 Å². The lowest BCUT2D eigenvalue weighted by Crippen LogP contribution is -2.62. The Morgan fingerprint density at radius 2 is 1.71 bits per heavy atom. The molecule has 3 heterocycles. The number of allylic oxidation sites excluding steroid dienone is 2. The molecule has 1 amide bonds. The number of amides is 1. The minimum absolute atomic E-state index is 0.0590. The highest BCUT2D eigenvalue weighted by Gasteiger charge is 2.59. The Balaban J connectivity index is 1.39. The fraction of sp³-hybridized carbons (Fsp3) is 0.394. The predicted molar refractivity (Wildman–Crippen MR) is 162 cm³/mol. The van der Waals surface area contributed by atoms with Gasteiger partial charge in [-0.15, -0.1) is 0 Å². The number of fused-ring (bicyclic) bond motifs is 2. The van der Waals surface area contributed by atoms with E-state index in [9.17, 15) is 19.2 Å². The highest BCUT2D eigenvalue weighted by molar-refractivity contribution is 6.05. The van der Waals surface area contributed by atoms with Gasteiger partial charge in [-0.25, -0.2) is 9.59 Å². The van der Waals surface area contributed by atoms with E-state index in [-0.39, 0.29) is 16.8 Å². The summed E-state index contributed by atoms with van der Waals surface area (Å²) in [6.45, 7) is 10.5. The number of hydrogen-bond acceptors (Lipinski definition) is 11. The average Bonchev–Trinajstić information content (AvgIpc) is 3.35. The van der Waals surface area contributed by atoms with Gasteiger partial charge in [0.1, 0.15) is 28.9 Å². The third kappa shape index (κ3) is 6.57. The summed E-state index contributed by atoms with van der Waals surface area (Å²) in [5.74, 6) is -0.332. The normalized spacial score (nSPS) is 21.7. The van der Waals surface area contributed by atoms with Gasteiger partial charge in [-0.2, -0.15) is 0 Å². The SMILES string of the molecule is CO[C@@H]1C2OC(=O)O[C@@H]2[C@H](Oc2ccc3cc(NC(=O)c4ccc(OC(C)=O)c(CC=C(C)C)c4)c(=O)oc3c2C)OC1(C)C. The monoisotopic (exact) mass is 621 g/mol. The number of anilines is 1. The summed E-state index contributed by atoms with van der Waals surface area (Å²) in [6, 6.07) is 9.52. The van der Waals surface area contributed by atoms with Crippen molar-refractivity contribution in [2.45, 2.75) is 78.2 Å². The molecule has 0 radical (unpaired) electrons. The third-order valence-electron chi connectivity index (χ3n) is 7.61. The summed E-state index contributed by atoms with van der Waals surface area (Å²) in [5, 5.41) is 3.15. The van der Waals surface area contributed by atoms with Crippen LogP contribution in [0.15, 0.2) is 57.3 Å². The van der Waals surface area contributed by atoms with Gasteiger partial charge in [-0.05, 0) is 83.0 Å². The number of ether oxygens (including phenoxy) is 6. The minimum Gasteiger partial charge on any atom is -0.460 e. The lowest BCUT2D eigenvalue weighted by molar-refractivity contribution is -0.282. The van der Waals surface area contributed by atoms with Gasteiger partial charge in [0.05, 0.1) is 5.60 Å². The maximum atomic E-state index is 13.2. The van der Waals surface area contributed by atoms with Gasteiger partial charge in [0.25, 0.3) is 5.91 Å². The van der Waals surface area contributed by atoms with Crippen LogP contribution in [0.25, 0.3) is 11.0 Å². The number of rotatable bonds is 8. The van der Waals surface area contributed by atoms with Crippen molar-refractivity contribution >= 4 is 34.7 Å². The van der Waals surface area contributed by atoms with Gasteiger partial charge >= 0.3 is 17.8 Å². The molecule has 3 aromatic rings. The Labute approximate surface area is 259 Å². The zero-order valence-corrected chi connectivity index (χ0v) is 26.0. The number of hydrogen-bond donors (Lipinski definition) is 1. The molecule has 12 nitrogen and oxygen atoms in total. The molecule has 2 fully saturated rings. The summed E-state index contributed by atoms with van der Waals surface area (Å²) in [6.07, 6.45) is -1.70. The van der Waals surface area contributed by atoms with Gasteiger partial charge in [-0.1, -0.05) is 11.6 Å². The van der Waals surface area contributed by atoms with Gasteiger partial charge in [0.2, 0.25) is 12.4 Å². The second kappa shape index (κ2) is 12.4. The second-order valence-electron chi connectivity index (χ2n) is 11.7. The number of carbonyl (C=O) groups is 3. The van der Waals surface area contributed by atoms with Crippen molar-refractivity contribution in [2.75, 3.05) is 12.4 Å². The number of esters is 1. The molecule has 0 saturated carbocycles. The number of carbonyl (C=O) groups excluding carboxylic acids is 3. The molecule has 12 heteroatoms. The maximum absolute atomic E-state index is 13.2. The van der Waals surface area contributed by atoms with E-state index in [0.29, 0.717) is 34.4 Å². The highest BCUT2D eigenvalue weighted by atomic mass is 16.8. The third-order valence-corrected chi connectivity index (χ3v) is 7.61. The van der Waals surface area contributed by atoms with Crippen LogP contribution in [0.2, 0.25) is 0 Å². The molecule has 2 aromatic carbocycles. The molecule has 45 heavy (non-hydrogen) atoms. The zero-order valence-electron chi connectivity index (χ0n) is 26.0. The summed E-state index contributed by atoms with van der Waals surface area (Å²) in [7, 11) is 1.50. The van der Waals surface area contributed by atoms with E-state index in [1.807, 2.05) is 19.9 Å². The fourth-order valence-electron chi connectivity index (χ4n) is 5.46. The van der Waals surface area contributed by atoms with Crippen molar-refractivity contribution in [3.05, 3.63) is 75.2 Å². The van der Waals surface area contributed by atoms with E-state index in [0.717, 1.165) is 5.57 Å². The molecule has 1 aromatic heterocycles. The second-order valence-corrected chi connectivity index (χ2v) is 11.7. The summed E-state index contributed by atoms with van der Waals surface area (Å²) in [5.41, 5.74) is 0.989. The van der Waals surface area contributed by atoms with Crippen LogP contribution in [0.1, 0.15) is 56.1 Å². The van der Waals surface area contributed by atoms with E-state index in [1.165, 1.54) is 26.2 Å². The zero-order chi connectivity index (χ0) is 32.6. The van der Waals surface area contributed by atoms with Gasteiger partial charge in [-0.3, -0.25) is 9.59 Å². The first-order valence-corrected chi connectivity index (χ1v) is 14.4. The van der Waals surface area contributed by atoms with E-state index in [1.54, 1.807) is 45.0 Å². The first-order chi connectivity index (χ1) is 21.3. The molecule has 2 aliphatic rings. The standard InChI is InChI=1S/C33H35NO11/c1-16(2)8-9-19-14-21(11-13-24(19)40-18(4)35)29(36)34-22-15-20-10-12-23(17(3)25(20)42-30(22)37)41-31-27-26(43-32(38)44-27)28(39-7)33(5,6)45-31/h8,10-15,26-28,31H,9H2,1-7H3,(H,34,36)/t26?,27-,28+,31+/m0/s1. The number of nitrogens with one attached hydrogen (secondary N) is 1. The number of benzene rings is 2. The molecule has 1 unspecified atom stereocenters. The highest BCUT2D eigenvalue weighted by Crippen LogP contribution is 2.39. The van der Waals surface area contributed by atoms with Gasteiger partial charge < -0.3 is 38.2 Å². The first kappa shape index (κ1) is 31.7. The van der Waals surface area contributed by atoms with Crippen LogP contribution in [0.5, 0.6) is 11.5 Å². The molecule has 4 atom stereocenters. The van der Waals surface area contributed by atoms with Crippen molar-refractivity contribution in [1.82, 2.24) is 0 Å². The molecule has 0 spiro atoms. The Kier molecular flexibility index (Phi) is 8.72. The van der Waals surface area contributed by atoms with Crippen LogP contribution in [0, 0.1) is 6.92 Å². The first-order valence-electron chi connectivity index (χ1n) is 14.4. The van der Waals surface area contributed by atoms with Crippen LogP contribution in [-0.4, -0.2) is 55.3 Å². The van der Waals surface area contributed by atoms with Gasteiger partial charge in [0.15, 0.2) is 6.10 Å². The molecule has 5 rings (SSSR count). The van der Waals surface area contributed by atoms with Crippen molar-refractivity contribution in [3.63, 3.8) is 0 Å². The topological polar surface area (TPSA) is 149 Å². The molecular formula is C33H35NO11. The summed E-state index contributed by atoms with van der Waals surface area (Å²) < 4.78 is 39.4. The van der Waals surface area contributed by atoms with Crippen molar-refractivity contribution in [2.24, 2.45) is 0 Å². The molecule has 0 bridgehead atoms. The summed E-state index contributed by atoms with van der Waals surface area (Å²) >= 11 is 0. The lowest BCUT2D eigenvalue weighted by atomic mass is 9.89. The summed E-state index contributed by atoms with van der Waals surface area (Å²) in [4.78, 5) is 49.7. The van der Waals surface area contributed by atoms with E-state index < -0.39 is 53.9 Å². The van der Waals surface area contributed by atoms with E-state index in [2.05, 4.69) is 5.32 Å². The Morgan fingerprint density at radius 3 is 2.40 bits per heavy atom. The van der Waals surface area contributed by atoms with Crippen LogP contribution >= 0.6 is 0 Å². The number of methoxy groups -OCH3 is 1. The minimum atomic E-state index is -1.03. The van der Waals surface area contributed by atoms with E-state index in [4.69, 9.17) is 32.8 Å². The Morgan fingerprint density at radius 1 is 1.00 bits per heavy atom. The molecule has 2 aliphatic heterocycles. The molecular weight excluding hydrogens is 586 g/mol. The van der Waals surface area contributed by atoms with Crippen LogP contribution in [0.3, 0.4) is 0 Å². The Bertz CT molecular complexity index is 1750. The largest absolute Gasteiger partial charge is 0.509 e. The predicted octanol–water partition coefficient (Wildman–Crippen LogP) is 5.22. The van der Waals surface area contributed by atoms with Crippen molar-refractivity contribution in [3.8, 4) is 11.5 Å². The van der Waals surface area contributed by atoms with Crippen molar-refractivity contribution < 1.29 is 47.2 Å². The molecule has 238 valence electrons. The van der Waals surface area contributed by atoms with Crippen molar-refractivity contribution in [1.29, 1.82) is 0 Å². The van der Waals surface area contributed by atoms with Gasteiger partial charge in [0, 0.05) is 30.5 Å². The quantitative estimate of drug-likeness (QED) is 0.153. The number of aryl methyl sites for hydroxylation is 1. The average molecular weight is 622 g/mol. The lowest BCUT2D eigenvalue weighted by Gasteiger charge is -2.45. The van der Waals surface area contributed by atoms with Crippen LogP contribution < -0.4 is 20.4 Å². The molecule has 2 saturated heterocycles. The smallest absolute Gasteiger partial charge is 0.460 e. The van der Waals surface area contributed by atoms with Crippen LogP contribution in [0.4, 0.5) is 10.5 Å². The molecule has 0 aliphatic carbocycles. The Hall–Kier alpha value is -4.68. The fourth-order valence-corrected chi connectivity index (χ4v) is 5.46. The maximum Gasteiger partial charge on any atom is 0.509 e. The van der Waals surface area contributed by atoms with Crippen LogP contribution in [-0.2, 0) is 30.2 Å².